The summed E-state index contributed by atoms with van der Waals surface area (Å²) < 4.78 is 0. The smallest absolute Gasteiger partial charge is 0.0793 e. The summed E-state index contributed by atoms with van der Waals surface area (Å²) in [7, 11) is 0. The molecule has 0 aliphatic rings. The molecule has 0 bridgehead atoms. The maximum atomic E-state index is 3.68. The van der Waals surface area contributed by atoms with Gasteiger partial charge in [0.1, 0.15) is 0 Å². The van der Waals surface area contributed by atoms with Gasteiger partial charge in [-0.15, -0.1) is 0 Å². The molecule has 3 nitrogen and oxygen atoms in total. The summed E-state index contributed by atoms with van der Waals surface area (Å²) in [6.45, 7) is 5.88. The Hall–Kier alpha value is 1.35. The largest absolute Gasteiger partial charge is 0.198 e. The Kier molecular flexibility index (Phi) is 22.6. The van der Waals surface area contributed by atoms with Crippen LogP contribution < -0.4 is 0 Å². The minimum absolute atomic E-state index is 0. The Labute approximate surface area is 112 Å². The van der Waals surface area contributed by atoms with Crippen LogP contribution in [0.4, 0.5) is 0 Å². The Morgan fingerprint density at radius 2 is 1.80 bits per heavy atom. The van der Waals surface area contributed by atoms with E-state index in [2.05, 4.69) is 15.4 Å². The van der Waals surface area contributed by atoms with Crippen molar-refractivity contribution < 1.29 is 65.4 Å². The predicted molar refractivity (Wildman–Crippen MR) is 32.5 cm³/mol. The van der Waals surface area contributed by atoms with E-state index in [0.717, 1.165) is 5.69 Å². The van der Waals surface area contributed by atoms with Crippen molar-refractivity contribution in [3.8, 4) is 0 Å². The number of H-pyrrole nitrogens is 1. The number of hydrogen-bond donors (Lipinski definition) is 1. The van der Waals surface area contributed by atoms with Gasteiger partial charge in [-0.25, -0.2) is 0 Å². The Morgan fingerprint density at radius 1 is 1.30 bits per heavy atom. The van der Waals surface area contributed by atoms with Gasteiger partial charge in [0.05, 0.1) is 11.9 Å². The van der Waals surface area contributed by atoms with Crippen LogP contribution in [0, 0.1) is 6.92 Å². The fraction of sp³-hybridized carbons (Fsp3) is 0.600. The van der Waals surface area contributed by atoms with Crippen molar-refractivity contribution in [2.75, 3.05) is 0 Å². The molecule has 1 aromatic rings. The van der Waals surface area contributed by atoms with Gasteiger partial charge in [-0.3, -0.25) is 0 Å². The molecular weight excluding hydrogens is 280 g/mol. The maximum Gasteiger partial charge on any atom is 0.0793 e. The van der Waals surface area contributed by atoms with Gasteiger partial charge < -0.3 is 0 Å². The molecule has 0 atom stereocenters. The molecule has 1 N–H and O–H groups in total. The number of aryl methyl sites for hydroxylation is 1. The summed E-state index contributed by atoms with van der Waals surface area (Å²) in [6.07, 6.45) is 1.67. The standard InChI is InChI=1S/C3H5N3.C2H6.2Y/c1-3-2-4-6-5-3;1-2;;/h2H,1H3,(H,4,5,6);1-2H3;;. The minimum Gasteiger partial charge on any atom is -0.198 e. The fourth-order valence-corrected chi connectivity index (χ4v) is 0.259. The van der Waals surface area contributed by atoms with Crippen LogP contribution in [0.1, 0.15) is 19.5 Å². The zero-order chi connectivity index (χ0) is 6.41. The Morgan fingerprint density at radius 3 is 1.90 bits per heavy atom. The Bertz CT molecular complexity index is 118. The third-order valence-electron chi connectivity index (χ3n) is 0.535. The van der Waals surface area contributed by atoms with Crippen molar-refractivity contribution in [1.82, 2.24) is 15.4 Å². The number of hydrogen-bond acceptors (Lipinski definition) is 2. The van der Waals surface area contributed by atoms with Crippen LogP contribution >= 0.6 is 0 Å². The normalized spacial score (nSPS) is 5.90. The molecular formula is C5H11N3Y2. The van der Waals surface area contributed by atoms with Crippen molar-refractivity contribution in [1.29, 1.82) is 0 Å². The van der Waals surface area contributed by atoms with Gasteiger partial charge in [-0.1, -0.05) is 13.8 Å². The van der Waals surface area contributed by atoms with E-state index in [4.69, 9.17) is 0 Å². The predicted octanol–water partition coefficient (Wildman–Crippen LogP) is 1.13. The number of rotatable bonds is 0. The molecule has 0 amide bonds. The van der Waals surface area contributed by atoms with Crippen molar-refractivity contribution in [2.24, 2.45) is 0 Å². The minimum atomic E-state index is 0. The topological polar surface area (TPSA) is 41.6 Å². The molecule has 1 aromatic heterocycles. The first-order chi connectivity index (χ1) is 3.89. The zero-order valence-corrected chi connectivity index (χ0v) is 12.3. The first-order valence-corrected chi connectivity index (χ1v) is 2.72. The Balaban J connectivity index is -0.000000114. The van der Waals surface area contributed by atoms with Crippen molar-refractivity contribution in [3.63, 3.8) is 0 Å². The number of nitrogens with zero attached hydrogens (tertiary/aromatic N) is 2. The van der Waals surface area contributed by atoms with E-state index in [1.807, 2.05) is 20.8 Å². The molecule has 1 heterocycles. The first-order valence-electron chi connectivity index (χ1n) is 2.72. The van der Waals surface area contributed by atoms with E-state index in [0.29, 0.717) is 0 Å². The molecule has 0 saturated heterocycles. The molecule has 10 heavy (non-hydrogen) atoms. The monoisotopic (exact) mass is 291 g/mol. The summed E-state index contributed by atoms with van der Waals surface area (Å²) in [6, 6.07) is 0. The molecule has 2 radical (unpaired) electrons. The second-order valence-corrected chi connectivity index (χ2v) is 1.11. The molecule has 5 heteroatoms. The van der Waals surface area contributed by atoms with Gasteiger partial charge >= 0.3 is 0 Å². The average molecular weight is 291 g/mol. The third-order valence-corrected chi connectivity index (χ3v) is 0.535. The number of nitrogens with one attached hydrogen (secondary N) is 1. The summed E-state index contributed by atoms with van der Waals surface area (Å²) in [4.78, 5) is 0. The molecule has 0 aliphatic heterocycles. The van der Waals surface area contributed by atoms with Gasteiger partial charge in [-0.2, -0.15) is 15.4 Å². The van der Waals surface area contributed by atoms with Crippen LogP contribution in [-0.4, -0.2) is 15.4 Å². The number of aromatic amines is 1. The third kappa shape index (κ3) is 9.35. The molecule has 0 saturated carbocycles. The van der Waals surface area contributed by atoms with Gasteiger partial charge in [0.15, 0.2) is 0 Å². The number of aromatic nitrogens is 3. The second kappa shape index (κ2) is 13.0. The second-order valence-electron chi connectivity index (χ2n) is 1.11. The van der Waals surface area contributed by atoms with Crippen molar-refractivity contribution in [2.45, 2.75) is 20.8 Å². The van der Waals surface area contributed by atoms with Crippen molar-refractivity contribution >= 4 is 0 Å². The summed E-state index contributed by atoms with van der Waals surface area (Å²) in [5.41, 5.74) is 0.926. The maximum absolute atomic E-state index is 3.68. The van der Waals surface area contributed by atoms with Crippen LogP contribution in [0.25, 0.3) is 0 Å². The van der Waals surface area contributed by atoms with Gasteiger partial charge in [0.25, 0.3) is 0 Å². The molecule has 1 rings (SSSR count). The molecule has 0 aromatic carbocycles. The molecule has 0 unspecified atom stereocenters. The first kappa shape index (κ1) is 17.4. The van der Waals surface area contributed by atoms with E-state index >= 15 is 0 Å². The summed E-state index contributed by atoms with van der Waals surface area (Å²) in [5.74, 6) is 0. The molecule has 0 aliphatic carbocycles. The van der Waals surface area contributed by atoms with Crippen LogP contribution in [-0.2, 0) is 65.4 Å². The van der Waals surface area contributed by atoms with Crippen LogP contribution in [0.2, 0.25) is 0 Å². The van der Waals surface area contributed by atoms with Crippen LogP contribution in [0.15, 0.2) is 6.20 Å². The van der Waals surface area contributed by atoms with Crippen molar-refractivity contribution in [3.05, 3.63) is 11.9 Å². The van der Waals surface area contributed by atoms with Gasteiger partial charge in [0.2, 0.25) is 0 Å². The molecule has 52 valence electrons. The average Bonchev–Trinajstić information content (AvgIpc) is 2.24. The van der Waals surface area contributed by atoms with E-state index < -0.39 is 0 Å². The quantitative estimate of drug-likeness (QED) is 0.778. The fourth-order valence-electron chi connectivity index (χ4n) is 0.259. The summed E-state index contributed by atoms with van der Waals surface area (Å²) in [5, 5.41) is 9.70. The summed E-state index contributed by atoms with van der Waals surface area (Å²) >= 11 is 0. The van der Waals surface area contributed by atoms with Gasteiger partial charge in [-0.05, 0) is 6.92 Å². The van der Waals surface area contributed by atoms with E-state index in [-0.39, 0.29) is 65.4 Å². The zero-order valence-electron chi connectivity index (χ0n) is 6.63. The van der Waals surface area contributed by atoms with E-state index in [9.17, 15) is 0 Å². The van der Waals surface area contributed by atoms with Crippen LogP contribution in [0.3, 0.4) is 0 Å². The van der Waals surface area contributed by atoms with Gasteiger partial charge in [0, 0.05) is 65.4 Å². The van der Waals surface area contributed by atoms with Crippen LogP contribution in [0.5, 0.6) is 0 Å². The SMILES string of the molecule is CC.Cc1cn[nH]n1.[Y].[Y]. The van der Waals surface area contributed by atoms with E-state index in [1.165, 1.54) is 0 Å². The van der Waals surface area contributed by atoms with E-state index in [1.54, 1.807) is 6.20 Å². The molecule has 0 spiro atoms. The molecule has 0 fully saturated rings.